The molecule has 1 N–H and O–H groups in total. The number of hydrogen-bond donors (Lipinski definition) is 1. The molecule has 9 heteroatoms. The predicted molar refractivity (Wildman–Crippen MR) is 76.9 cm³/mol. The van der Waals surface area contributed by atoms with Crippen molar-refractivity contribution in [1.82, 2.24) is 15.0 Å². The average Bonchev–Trinajstić information content (AvgIpc) is 2.47. The molecule has 0 aliphatic rings. The molecule has 23 heavy (non-hydrogen) atoms. The highest BCUT2D eigenvalue weighted by molar-refractivity contribution is 5.55. The van der Waals surface area contributed by atoms with Crippen LogP contribution in [-0.4, -0.2) is 28.2 Å². The first-order chi connectivity index (χ1) is 10.9. The molecule has 2 rings (SSSR count). The molecule has 6 nitrogen and oxygen atoms in total. The van der Waals surface area contributed by atoms with E-state index in [1.807, 2.05) is 0 Å². The van der Waals surface area contributed by atoms with Crippen molar-refractivity contribution in [3.63, 3.8) is 0 Å². The summed E-state index contributed by atoms with van der Waals surface area (Å²) in [6, 6.07) is 4.76. The first-order valence-electron chi connectivity index (χ1n) is 6.88. The Morgan fingerprint density at radius 1 is 1.00 bits per heavy atom. The third-order valence-electron chi connectivity index (χ3n) is 2.59. The molecule has 0 radical (unpaired) electrons. The van der Waals surface area contributed by atoms with Crippen LogP contribution in [0.1, 0.15) is 19.4 Å². The topological polar surface area (TPSA) is 69.2 Å². The Bertz CT molecular complexity index is 640. The van der Waals surface area contributed by atoms with Crippen LogP contribution in [0.15, 0.2) is 24.3 Å². The third-order valence-corrected chi connectivity index (χ3v) is 2.59. The fourth-order valence-electron chi connectivity index (χ4n) is 1.68. The van der Waals surface area contributed by atoms with Crippen molar-refractivity contribution >= 4 is 11.6 Å². The lowest BCUT2D eigenvalue weighted by molar-refractivity contribution is -0.137. The Hall–Kier alpha value is -2.58. The molecule has 0 saturated carbocycles. The predicted octanol–water partition coefficient (Wildman–Crippen LogP) is 3.43. The van der Waals surface area contributed by atoms with Gasteiger partial charge in [-0.15, -0.1) is 4.98 Å². The Kier molecular flexibility index (Phi) is 5.20. The van der Waals surface area contributed by atoms with E-state index >= 15 is 0 Å². The summed E-state index contributed by atoms with van der Waals surface area (Å²) >= 11 is 0. The lowest BCUT2D eigenvalue weighted by Gasteiger charge is -2.11. The van der Waals surface area contributed by atoms with Gasteiger partial charge in [0.05, 0.1) is 18.8 Å². The molecule has 0 aliphatic carbocycles. The summed E-state index contributed by atoms with van der Waals surface area (Å²) in [7, 11) is 0. The van der Waals surface area contributed by atoms with Crippen LogP contribution in [0.2, 0.25) is 0 Å². The quantitative estimate of drug-likeness (QED) is 0.876. The van der Waals surface area contributed by atoms with Gasteiger partial charge in [0.25, 0.3) is 0 Å². The number of anilines is 2. The molecule has 0 bridgehead atoms. The SMILES string of the molecule is CCOc1nc(Nc2cccc(C(F)(F)F)c2)nc(OCC)n1. The van der Waals surface area contributed by atoms with E-state index in [2.05, 4.69) is 20.3 Å². The normalized spacial score (nSPS) is 11.2. The van der Waals surface area contributed by atoms with Crippen LogP contribution < -0.4 is 14.8 Å². The molecule has 0 fully saturated rings. The standard InChI is InChI=1S/C14H15F3N4O2/c1-3-22-12-19-11(20-13(21-12)23-4-2)18-10-7-5-6-9(8-10)14(15,16)17/h5-8H,3-4H2,1-2H3,(H,18,19,20,21). The Morgan fingerprint density at radius 2 is 1.61 bits per heavy atom. The highest BCUT2D eigenvalue weighted by Crippen LogP contribution is 2.31. The number of hydrogen-bond acceptors (Lipinski definition) is 6. The molecule has 124 valence electrons. The van der Waals surface area contributed by atoms with Crippen LogP contribution in [0.4, 0.5) is 24.8 Å². The van der Waals surface area contributed by atoms with Gasteiger partial charge in [0.2, 0.25) is 5.95 Å². The summed E-state index contributed by atoms with van der Waals surface area (Å²) in [6.45, 7) is 4.17. The largest absolute Gasteiger partial charge is 0.464 e. The van der Waals surface area contributed by atoms with E-state index in [-0.39, 0.29) is 23.7 Å². The zero-order valence-electron chi connectivity index (χ0n) is 12.5. The van der Waals surface area contributed by atoms with Gasteiger partial charge in [-0.25, -0.2) is 0 Å². The number of ether oxygens (including phenoxy) is 2. The summed E-state index contributed by atoms with van der Waals surface area (Å²) < 4.78 is 48.6. The van der Waals surface area contributed by atoms with Gasteiger partial charge < -0.3 is 14.8 Å². The fourth-order valence-corrected chi connectivity index (χ4v) is 1.68. The second-order valence-corrected chi connectivity index (χ2v) is 4.29. The highest BCUT2D eigenvalue weighted by atomic mass is 19.4. The van der Waals surface area contributed by atoms with Crippen molar-refractivity contribution in [1.29, 1.82) is 0 Å². The van der Waals surface area contributed by atoms with Crippen molar-refractivity contribution in [2.24, 2.45) is 0 Å². The van der Waals surface area contributed by atoms with E-state index in [0.29, 0.717) is 13.2 Å². The second-order valence-electron chi connectivity index (χ2n) is 4.29. The lowest BCUT2D eigenvalue weighted by atomic mass is 10.2. The maximum absolute atomic E-state index is 12.7. The van der Waals surface area contributed by atoms with Gasteiger partial charge >= 0.3 is 18.2 Å². The summed E-state index contributed by atoms with van der Waals surface area (Å²) in [4.78, 5) is 11.9. The summed E-state index contributed by atoms with van der Waals surface area (Å²) in [6.07, 6.45) is -4.43. The van der Waals surface area contributed by atoms with Gasteiger partial charge in [0.15, 0.2) is 0 Å². The number of benzene rings is 1. The second kappa shape index (κ2) is 7.12. The van der Waals surface area contributed by atoms with Crippen LogP contribution in [-0.2, 0) is 6.18 Å². The third kappa shape index (κ3) is 4.70. The van der Waals surface area contributed by atoms with Gasteiger partial charge in [-0.05, 0) is 32.0 Å². The molecule has 2 aromatic rings. The highest BCUT2D eigenvalue weighted by Gasteiger charge is 2.30. The number of rotatable bonds is 6. The smallest absolute Gasteiger partial charge is 0.416 e. The fraction of sp³-hybridized carbons (Fsp3) is 0.357. The molecule has 1 heterocycles. The molecular formula is C14H15F3N4O2. The molecule has 1 aromatic heterocycles. The van der Waals surface area contributed by atoms with Gasteiger partial charge in [0.1, 0.15) is 0 Å². The molecule has 1 aromatic carbocycles. The van der Waals surface area contributed by atoms with Crippen molar-refractivity contribution in [3.8, 4) is 12.0 Å². The van der Waals surface area contributed by atoms with Crippen LogP contribution in [0, 0.1) is 0 Å². The molecule has 0 spiro atoms. The number of halogens is 3. The number of alkyl halides is 3. The first kappa shape index (κ1) is 16.8. The van der Waals surface area contributed by atoms with Gasteiger partial charge in [0, 0.05) is 5.69 Å². The van der Waals surface area contributed by atoms with Crippen molar-refractivity contribution < 1.29 is 22.6 Å². The van der Waals surface area contributed by atoms with Crippen LogP contribution >= 0.6 is 0 Å². The van der Waals surface area contributed by atoms with E-state index in [1.165, 1.54) is 12.1 Å². The van der Waals surface area contributed by atoms with Gasteiger partial charge in [-0.3, -0.25) is 0 Å². The van der Waals surface area contributed by atoms with E-state index in [1.54, 1.807) is 13.8 Å². The van der Waals surface area contributed by atoms with Crippen LogP contribution in [0.5, 0.6) is 12.0 Å². The van der Waals surface area contributed by atoms with E-state index in [9.17, 15) is 13.2 Å². The minimum absolute atomic E-state index is 0.0282. The maximum Gasteiger partial charge on any atom is 0.416 e. The monoisotopic (exact) mass is 328 g/mol. The molecule has 0 amide bonds. The Balaban J connectivity index is 2.28. The van der Waals surface area contributed by atoms with Crippen LogP contribution in [0.25, 0.3) is 0 Å². The number of nitrogens with zero attached hydrogens (tertiary/aromatic N) is 3. The summed E-state index contributed by atoms with van der Waals surface area (Å²) in [5.41, 5.74) is -0.581. The number of aromatic nitrogens is 3. The molecule has 0 saturated heterocycles. The van der Waals surface area contributed by atoms with Crippen molar-refractivity contribution in [2.75, 3.05) is 18.5 Å². The maximum atomic E-state index is 12.7. The van der Waals surface area contributed by atoms with E-state index < -0.39 is 11.7 Å². The minimum Gasteiger partial charge on any atom is -0.464 e. The molecule has 0 atom stereocenters. The lowest BCUT2D eigenvalue weighted by Crippen LogP contribution is -2.08. The molecule has 0 aliphatic heterocycles. The summed E-state index contributed by atoms with van der Waals surface area (Å²) in [5.74, 6) is 0.0335. The molecule has 0 unspecified atom stereocenters. The minimum atomic E-state index is -4.43. The van der Waals surface area contributed by atoms with Crippen LogP contribution in [0.3, 0.4) is 0 Å². The van der Waals surface area contributed by atoms with Gasteiger partial charge in [-0.2, -0.15) is 23.1 Å². The first-order valence-corrected chi connectivity index (χ1v) is 6.88. The van der Waals surface area contributed by atoms with E-state index in [0.717, 1.165) is 12.1 Å². The Labute approximate surface area is 130 Å². The zero-order valence-corrected chi connectivity index (χ0v) is 12.5. The molecular weight excluding hydrogens is 313 g/mol. The van der Waals surface area contributed by atoms with Crippen molar-refractivity contribution in [3.05, 3.63) is 29.8 Å². The van der Waals surface area contributed by atoms with E-state index in [4.69, 9.17) is 9.47 Å². The van der Waals surface area contributed by atoms with Gasteiger partial charge in [-0.1, -0.05) is 6.07 Å². The number of nitrogens with one attached hydrogen (secondary N) is 1. The average molecular weight is 328 g/mol. The zero-order chi connectivity index (χ0) is 16.9. The Morgan fingerprint density at radius 3 is 2.13 bits per heavy atom. The summed E-state index contributed by atoms with van der Waals surface area (Å²) in [5, 5.41) is 2.69. The van der Waals surface area contributed by atoms with Crippen molar-refractivity contribution in [2.45, 2.75) is 20.0 Å².